The molecular formula is C32H28F3N3O3. The van der Waals surface area contributed by atoms with E-state index in [2.05, 4.69) is 4.98 Å². The van der Waals surface area contributed by atoms with Crippen LogP contribution in [0.5, 0.6) is 5.75 Å². The Morgan fingerprint density at radius 3 is 2.34 bits per heavy atom. The van der Waals surface area contributed by atoms with Crippen molar-refractivity contribution in [2.24, 2.45) is 0 Å². The molecular weight excluding hydrogens is 531 g/mol. The Morgan fingerprint density at radius 1 is 0.951 bits per heavy atom. The minimum absolute atomic E-state index is 0.0238. The van der Waals surface area contributed by atoms with Crippen LogP contribution in [-0.2, 0) is 34.2 Å². The number of aryl methyl sites for hydroxylation is 1. The molecule has 9 heteroatoms. The third-order valence-corrected chi connectivity index (χ3v) is 7.05. The topological polar surface area (TPSA) is 65.7 Å². The van der Waals surface area contributed by atoms with Gasteiger partial charge in [0.25, 0.3) is 0 Å². The number of benzene rings is 3. The number of hydrogen-bond acceptors (Lipinski definition) is 5. The van der Waals surface area contributed by atoms with Crippen molar-refractivity contribution in [1.29, 1.82) is 0 Å². The lowest BCUT2D eigenvalue weighted by molar-refractivity contribution is -0.147. The van der Waals surface area contributed by atoms with Crippen LogP contribution in [0, 0.1) is 6.92 Å². The van der Waals surface area contributed by atoms with Crippen molar-refractivity contribution in [2.75, 3.05) is 7.11 Å². The van der Waals surface area contributed by atoms with E-state index in [1.807, 2.05) is 49.4 Å². The number of hydrogen-bond donors (Lipinski definition) is 0. The lowest BCUT2D eigenvalue weighted by Gasteiger charge is -2.27. The number of alkyl halides is 3. The van der Waals surface area contributed by atoms with Crippen LogP contribution in [0.15, 0.2) is 91.1 Å². The van der Waals surface area contributed by atoms with Crippen LogP contribution in [-0.4, -0.2) is 27.7 Å². The fourth-order valence-electron chi connectivity index (χ4n) is 5.02. The minimum Gasteiger partial charge on any atom is -0.487 e. The molecule has 210 valence electrons. The van der Waals surface area contributed by atoms with Crippen molar-refractivity contribution < 1.29 is 27.4 Å². The normalized spacial score (nSPS) is 13.1. The van der Waals surface area contributed by atoms with Gasteiger partial charge in [0, 0.05) is 6.20 Å². The van der Waals surface area contributed by atoms with Crippen LogP contribution < -0.4 is 4.74 Å². The highest BCUT2D eigenvalue weighted by Crippen LogP contribution is 2.36. The van der Waals surface area contributed by atoms with Gasteiger partial charge in [0.2, 0.25) is 0 Å². The number of carbonyl (C=O) groups excluding carboxylic acids is 1. The van der Waals surface area contributed by atoms with E-state index >= 15 is 0 Å². The molecule has 5 aromatic rings. The van der Waals surface area contributed by atoms with Gasteiger partial charge in [0.15, 0.2) is 5.65 Å². The van der Waals surface area contributed by atoms with Crippen molar-refractivity contribution in [3.63, 3.8) is 0 Å². The van der Waals surface area contributed by atoms with Gasteiger partial charge in [0.1, 0.15) is 23.5 Å². The molecule has 0 spiro atoms. The molecule has 0 saturated carbocycles. The van der Waals surface area contributed by atoms with Gasteiger partial charge in [-0.25, -0.2) is 9.50 Å². The van der Waals surface area contributed by atoms with Crippen LogP contribution in [0.25, 0.3) is 16.8 Å². The number of fused-ring (bicyclic) bond motifs is 1. The van der Waals surface area contributed by atoms with Crippen molar-refractivity contribution in [3.05, 3.63) is 119 Å². The van der Waals surface area contributed by atoms with Gasteiger partial charge in [-0.05, 0) is 61.7 Å². The highest BCUT2D eigenvalue weighted by Gasteiger charge is 2.40. The summed E-state index contributed by atoms with van der Waals surface area (Å²) in [6, 6.07) is 23.6. The number of rotatable bonds is 8. The maximum atomic E-state index is 13.4. The van der Waals surface area contributed by atoms with E-state index in [0.717, 1.165) is 23.3 Å². The monoisotopic (exact) mass is 559 g/mol. The summed E-state index contributed by atoms with van der Waals surface area (Å²) < 4.78 is 52.7. The van der Waals surface area contributed by atoms with Crippen LogP contribution in [0.4, 0.5) is 13.2 Å². The molecule has 1 unspecified atom stereocenters. The Kier molecular flexibility index (Phi) is 7.53. The quantitative estimate of drug-likeness (QED) is 0.192. The van der Waals surface area contributed by atoms with E-state index in [1.54, 1.807) is 35.8 Å². The van der Waals surface area contributed by atoms with E-state index in [-0.39, 0.29) is 6.61 Å². The molecule has 0 bridgehead atoms. The lowest BCUT2D eigenvalue weighted by Crippen LogP contribution is -2.38. The first kappa shape index (κ1) is 27.9. The van der Waals surface area contributed by atoms with Crippen LogP contribution in [0.1, 0.15) is 35.0 Å². The summed E-state index contributed by atoms with van der Waals surface area (Å²) in [7, 11) is 1.34. The summed E-state index contributed by atoms with van der Waals surface area (Å²) in [5.41, 5.74) is 2.43. The molecule has 2 aromatic heterocycles. The number of para-hydroxylation sites is 1. The molecule has 41 heavy (non-hydrogen) atoms. The van der Waals surface area contributed by atoms with Gasteiger partial charge < -0.3 is 9.47 Å². The first-order valence-electron chi connectivity index (χ1n) is 13.0. The van der Waals surface area contributed by atoms with E-state index < -0.39 is 23.1 Å². The number of aromatic nitrogens is 3. The molecule has 0 fully saturated rings. The number of esters is 1. The van der Waals surface area contributed by atoms with E-state index in [1.165, 1.54) is 19.2 Å². The van der Waals surface area contributed by atoms with Crippen molar-refractivity contribution in [3.8, 4) is 16.9 Å². The lowest BCUT2D eigenvalue weighted by atomic mass is 9.80. The van der Waals surface area contributed by atoms with Gasteiger partial charge in [-0.1, -0.05) is 60.2 Å². The molecule has 5 rings (SSSR count). The molecule has 0 aliphatic heterocycles. The molecule has 0 aliphatic rings. The fourth-order valence-corrected chi connectivity index (χ4v) is 5.02. The number of halogens is 3. The fraction of sp³-hybridized carbons (Fsp3) is 0.219. The summed E-state index contributed by atoms with van der Waals surface area (Å²) >= 11 is 0. The second kappa shape index (κ2) is 11.1. The average Bonchev–Trinajstić information content (AvgIpc) is 3.34. The highest BCUT2D eigenvalue weighted by atomic mass is 19.4. The average molecular weight is 560 g/mol. The van der Waals surface area contributed by atoms with Crippen molar-refractivity contribution >= 4 is 11.6 Å². The first-order chi connectivity index (χ1) is 19.6. The second-order valence-corrected chi connectivity index (χ2v) is 10.1. The summed E-state index contributed by atoms with van der Waals surface area (Å²) in [4.78, 5) is 17.9. The van der Waals surface area contributed by atoms with Gasteiger partial charge in [0.05, 0.1) is 23.9 Å². The van der Waals surface area contributed by atoms with E-state index in [0.29, 0.717) is 40.3 Å². The number of methoxy groups -OCH3 is 1. The molecule has 0 N–H and O–H groups in total. The molecule has 3 aromatic carbocycles. The maximum Gasteiger partial charge on any atom is 0.416 e. The number of ether oxygens (including phenoxy) is 2. The Morgan fingerprint density at radius 2 is 1.68 bits per heavy atom. The van der Waals surface area contributed by atoms with Crippen LogP contribution >= 0.6 is 0 Å². The molecule has 0 amide bonds. The smallest absolute Gasteiger partial charge is 0.416 e. The van der Waals surface area contributed by atoms with Crippen molar-refractivity contribution in [1.82, 2.24) is 14.6 Å². The van der Waals surface area contributed by atoms with Crippen molar-refractivity contribution in [2.45, 2.75) is 38.5 Å². The zero-order valence-corrected chi connectivity index (χ0v) is 22.8. The highest BCUT2D eigenvalue weighted by molar-refractivity contribution is 5.84. The van der Waals surface area contributed by atoms with Crippen LogP contribution in [0.3, 0.4) is 0 Å². The molecule has 0 radical (unpaired) electrons. The number of nitrogens with zero attached hydrogens (tertiary/aromatic N) is 3. The largest absolute Gasteiger partial charge is 0.487 e. The SMILES string of the molecule is COC(=O)C(C)(Cc1cccc(C)c1)c1ccnc2c(-c3ccc(C(F)(F)F)cc3)c(COc3ccccc3)nn12. The summed E-state index contributed by atoms with van der Waals surface area (Å²) in [6.45, 7) is 3.79. The number of carbonyl (C=O) groups is 1. The summed E-state index contributed by atoms with van der Waals surface area (Å²) in [5, 5.41) is 4.82. The van der Waals surface area contributed by atoms with Gasteiger partial charge in [-0.15, -0.1) is 0 Å². The zero-order chi connectivity index (χ0) is 29.2. The summed E-state index contributed by atoms with van der Waals surface area (Å²) in [5.74, 6) is 0.148. The molecule has 0 aliphatic carbocycles. The Labute approximate surface area is 235 Å². The van der Waals surface area contributed by atoms with Crippen LogP contribution in [0.2, 0.25) is 0 Å². The Bertz CT molecular complexity index is 1680. The van der Waals surface area contributed by atoms with E-state index in [4.69, 9.17) is 14.6 Å². The standard InChI is InChI=1S/C32H28F3N3O3/c1-21-8-7-9-22(18-21)19-31(2,30(39)40-3)27-16-17-36-29-28(23-12-14-24(15-13-23)32(33,34)35)26(37-38(27)29)20-41-25-10-5-4-6-11-25/h4-18H,19-20H2,1-3H3. The predicted octanol–water partition coefficient (Wildman–Crippen LogP) is 6.98. The summed E-state index contributed by atoms with van der Waals surface area (Å²) in [6.07, 6.45) is -2.58. The first-order valence-corrected chi connectivity index (χ1v) is 13.0. The molecule has 0 saturated heterocycles. The van der Waals surface area contributed by atoms with Gasteiger partial charge in [-0.2, -0.15) is 18.3 Å². The molecule has 6 nitrogen and oxygen atoms in total. The van der Waals surface area contributed by atoms with E-state index in [9.17, 15) is 18.0 Å². The molecule has 2 heterocycles. The Balaban J connectivity index is 1.68. The van der Waals surface area contributed by atoms with Gasteiger partial charge >= 0.3 is 12.1 Å². The maximum absolute atomic E-state index is 13.4. The second-order valence-electron chi connectivity index (χ2n) is 10.1. The molecule has 1 atom stereocenters. The third kappa shape index (κ3) is 5.66. The minimum atomic E-state index is -4.47. The Hall–Kier alpha value is -4.66. The van der Waals surface area contributed by atoms with Gasteiger partial charge in [-0.3, -0.25) is 4.79 Å². The predicted molar refractivity (Wildman–Crippen MR) is 148 cm³/mol. The third-order valence-electron chi connectivity index (χ3n) is 7.05. The zero-order valence-electron chi connectivity index (χ0n) is 22.8.